The first-order chi connectivity index (χ1) is 13.9. The van der Waals surface area contributed by atoms with E-state index in [2.05, 4.69) is 10.3 Å². The van der Waals surface area contributed by atoms with Crippen molar-refractivity contribution in [1.29, 1.82) is 0 Å². The maximum Gasteiger partial charge on any atom is 0.264 e. The summed E-state index contributed by atoms with van der Waals surface area (Å²) < 4.78 is 32.3. The lowest BCUT2D eigenvalue weighted by atomic mass is 10.2. The molecule has 3 aromatic rings. The van der Waals surface area contributed by atoms with Gasteiger partial charge in [-0.05, 0) is 48.0 Å². The van der Waals surface area contributed by atoms with E-state index in [0.29, 0.717) is 23.5 Å². The summed E-state index contributed by atoms with van der Waals surface area (Å²) in [4.78, 5) is 16.4. The van der Waals surface area contributed by atoms with Crippen LogP contribution in [0.25, 0.3) is 0 Å². The van der Waals surface area contributed by atoms with Crippen LogP contribution in [0.15, 0.2) is 78.0 Å². The van der Waals surface area contributed by atoms with Gasteiger partial charge in [-0.15, -0.1) is 0 Å². The summed E-state index contributed by atoms with van der Waals surface area (Å²) in [5, 5.41) is 2.78. The van der Waals surface area contributed by atoms with Gasteiger partial charge in [-0.1, -0.05) is 18.2 Å². The van der Waals surface area contributed by atoms with Crippen molar-refractivity contribution in [2.45, 2.75) is 11.4 Å². The molecule has 0 fully saturated rings. The monoisotopic (exact) mass is 411 g/mol. The second-order valence-electron chi connectivity index (χ2n) is 6.21. The molecule has 0 aliphatic carbocycles. The zero-order valence-electron chi connectivity index (χ0n) is 16.1. The zero-order valence-corrected chi connectivity index (χ0v) is 16.9. The minimum atomic E-state index is -3.81. The lowest BCUT2D eigenvalue weighted by Crippen LogP contribution is -2.27. The molecule has 29 heavy (non-hydrogen) atoms. The molecular formula is C21H21N3O4S. The average molecular weight is 411 g/mol. The number of ether oxygens (including phenoxy) is 1. The van der Waals surface area contributed by atoms with Gasteiger partial charge in [0.15, 0.2) is 0 Å². The molecule has 1 amide bonds. The third-order valence-electron chi connectivity index (χ3n) is 4.38. The molecule has 0 saturated carbocycles. The molecule has 1 N–H and O–H groups in total. The number of methoxy groups -OCH3 is 1. The number of nitrogens with zero attached hydrogens (tertiary/aromatic N) is 2. The zero-order chi connectivity index (χ0) is 20.9. The van der Waals surface area contributed by atoms with Crippen LogP contribution in [-0.2, 0) is 16.6 Å². The number of amides is 1. The Morgan fingerprint density at radius 1 is 1.07 bits per heavy atom. The number of aromatic nitrogens is 1. The fourth-order valence-electron chi connectivity index (χ4n) is 2.74. The van der Waals surface area contributed by atoms with E-state index in [0.717, 1.165) is 9.87 Å². The summed E-state index contributed by atoms with van der Waals surface area (Å²) >= 11 is 0. The Balaban J connectivity index is 1.75. The summed E-state index contributed by atoms with van der Waals surface area (Å²) in [6.07, 6.45) is 3.33. The quantitative estimate of drug-likeness (QED) is 0.646. The topological polar surface area (TPSA) is 88.6 Å². The highest BCUT2D eigenvalue weighted by molar-refractivity contribution is 7.92. The first-order valence-electron chi connectivity index (χ1n) is 8.82. The first-order valence-corrected chi connectivity index (χ1v) is 10.3. The summed E-state index contributed by atoms with van der Waals surface area (Å²) in [5.41, 5.74) is 1.67. The predicted octanol–water partition coefficient (Wildman–Crippen LogP) is 2.85. The van der Waals surface area contributed by atoms with Crippen molar-refractivity contribution in [3.63, 3.8) is 0 Å². The molecular weight excluding hydrogens is 390 g/mol. The minimum Gasteiger partial charge on any atom is -0.495 e. The molecule has 0 radical (unpaired) electrons. The first kappa shape index (κ1) is 20.3. The Bertz CT molecular complexity index is 1080. The van der Waals surface area contributed by atoms with E-state index in [4.69, 9.17) is 4.74 Å². The number of benzene rings is 2. The number of pyridine rings is 1. The van der Waals surface area contributed by atoms with Gasteiger partial charge in [0.05, 0.1) is 17.7 Å². The largest absolute Gasteiger partial charge is 0.495 e. The summed E-state index contributed by atoms with van der Waals surface area (Å²) in [7, 11) is -0.865. The fourth-order valence-corrected chi connectivity index (χ4v) is 3.95. The van der Waals surface area contributed by atoms with Gasteiger partial charge < -0.3 is 10.1 Å². The summed E-state index contributed by atoms with van der Waals surface area (Å²) in [6, 6.07) is 16.3. The van der Waals surface area contributed by atoms with Crippen LogP contribution in [0.5, 0.6) is 5.75 Å². The lowest BCUT2D eigenvalue weighted by molar-refractivity contribution is 0.0951. The van der Waals surface area contributed by atoms with Gasteiger partial charge >= 0.3 is 0 Å². The molecule has 0 aliphatic rings. The predicted molar refractivity (Wildman–Crippen MR) is 110 cm³/mol. The van der Waals surface area contributed by atoms with Gasteiger partial charge in [0, 0.05) is 31.5 Å². The van der Waals surface area contributed by atoms with E-state index in [9.17, 15) is 13.2 Å². The van der Waals surface area contributed by atoms with Crippen LogP contribution < -0.4 is 14.4 Å². The Morgan fingerprint density at radius 3 is 2.45 bits per heavy atom. The number of rotatable bonds is 7. The Hall–Kier alpha value is -3.39. The van der Waals surface area contributed by atoms with Crippen LogP contribution >= 0.6 is 0 Å². The number of sulfonamides is 1. The van der Waals surface area contributed by atoms with E-state index < -0.39 is 10.0 Å². The maximum atomic E-state index is 13.0. The van der Waals surface area contributed by atoms with Crippen LogP contribution in [0.3, 0.4) is 0 Å². The van der Waals surface area contributed by atoms with Gasteiger partial charge in [0.1, 0.15) is 5.75 Å². The van der Waals surface area contributed by atoms with Crippen molar-refractivity contribution in [2.75, 3.05) is 18.5 Å². The van der Waals surface area contributed by atoms with Gasteiger partial charge in [-0.3, -0.25) is 14.1 Å². The van der Waals surface area contributed by atoms with Crippen LogP contribution in [0.1, 0.15) is 15.9 Å². The van der Waals surface area contributed by atoms with E-state index in [1.807, 2.05) is 6.07 Å². The third kappa shape index (κ3) is 4.55. The number of nitrogens with one attached hydrogen (secondary N) is 1. The molecule has 3 rings (SSSR count). The number of hydrogen-bond donors (Lipinski definition) is 1. The molecule has 150 valence electrons. The highest BCUT2D eigenvalue weighted by atomic mass is 32.2. The van der Waals surface area contributed by atoms with Crippen molar-refractivity contribution < 1.29 is 17.9 Å². The summed E-state index contributed by atoms with van der Waals surface area (Å²) in [6.45, 7) is 0.337. The Morgan fingerprint density at radius 2 is 1.79 bits per heavy atom. The second kappa shape index (κ2) is 8.74. The molecule has 1 heterocycles. The van der Waals surface area contributed by atoms with E-state index >= 15 is 0 Å². The summed E-state index contributed by atoms with van der Waals surface area (Å²) in [5.74, 6) is 0.154. The molecule has 0 unspecified atom stereocenters. The molecule has 2 aromatic carbocycles. The molecule has 0 spiro atoms. The van der Waals surface area contributed by atoms with E-state index in [-0.39, 0.29) is 10.8 Å². The Kier molecular flexibility index (Phi) is 6.13. The molecule has 7 nitrogen and oxygen atoms in total. The van der Waals surface area contributed by atoms with Crippen molar-refractivity contribution in [3.05, 3.63) is 84.2 Å². The van der Waals surface area contributed by atoms with Gasteiger partial charge in [-0.25, -0.2) is 8.42 Å². The van der Waals surface area contributed by atoms with Gasteiger partial charge in [0.2, 0.25) is 0 Å². The number of carbonyl (C=O) groups excluding carboxylic acids is 1. The second-order valence-corrected chi connectivity index (χ2v) is 8.18. The Labute approximate surface area is 170 Å². The molecule has 0 atom stereocenters. The minimum absolute atomic E-state index is 0.0784. The fraction of sp³-hybridized carbons (Fsp3) is 0.143. The smallest absolute Gasteiger partial charge is 0.264 e. The number of hydrogen-bond acceptors (Lipinski definition) is 5. The van der Waals surface area contributed by atoms with Gasteiger partial charge in [-0.2, -0.15) is 0 Å². The lowest BCUT2D eigenvalue weighted by Gasteiger charge is -2.21. The molecule has 1 aromatic heterocycles. The van der Waals surface area contributed by atoms with E-state index in [1.165, 1.54) is 38.4 Å². The maximum absolute atomic E-state index is 13.0. The average Bonchev–Trinajstić information content (AvgIpc) is 2.77. The molecule has 0 aliphatic heterocycles. The SMILES string of the molecule is COc1ccccc1N(C)S(=O)(=O)c1ccc(C(=O)NCc2cccnc2)cc1. The molecule has 8 heteroatoms. The van der Waals surface area contributed by atoms with E-state index in [1.54, 1.807) is 42.7 Å². The highest BCUT2D eigenvalue weighted by Crippen LogP contribution is 2.30. The molecule has 0 saturated heterocycles. The van der Waals surface area contributed by atoms with Crippen molar-refractivity contribution in [3.8, 4) is 5.75 Å². The van der Waals surface area contributed by atoms with Crippen molar-refractivity contribution >= 4 is 21.6 Å². The highest BCUT2D eigenvalue weighted by Gasteiger charge is 2.23. The molecule has 0 bridgehead atoms. The van der Waals surface area contributed by atoms with Crippen molar-refractivity contribution in [2.24, 2.45) is 0 Å². The standard InChI is InChI=1S/C21H21N3O4S/c1-24(19-7-3-4-8-20(19)28-2)29(26,27)18-11-9-17(10-12-18)21(25)23-15-16-6-5-13-22-14-16/h3-14H,15H2,1-2H3,(H,23,25). The van der Waals surface area contributed by atoms with Crippen LogP contribution in [0.2, 0.25) is 0 Å². The number of anilines is 1. The third-order valence-corrected chi connectivity index (χ3v) is 6.16. The van der Waals surface area contributed by atoms with Crippen LogP contribution in [0.4, 0.5) is 5.69 Å². The van der Waals surface area contributed by atoms with Crippen LogP contribution in [-0.4, -0.2) is 33.5 Å². The number of carbonyl (C=O) groups is 1. The van der Waals surface area contributed by atoms with Crippen LogP contribution in [0, 0.1) is 0 Å². The van der Waals surface area contributed by atoms with Crippen molar-refractivity contribution in [1.82, 2.24) is 10.3 Å². The van der Waals surface area contributed by atoms with Gasteiger partial charge in [0.25, 0.3) is 15.9 Å². The normalized spacial score (nSPS) is 11.0. The number of para-hydroxylation sites is 2.